The Morgan fingerprint density at radius 2 is 1.92 bits per heavy atom. The molecule has 1 aliphatic rings. The Morgan fingerprint density at radius 1 is 1.25 bits per heavy atom. The van der Waals surface area contributed by atoms with Crippen LogP contribution >= 0.6 is 0 Å². The summed E-state index contributed by atoms with van der Waals surface area (Å²) in [4.78, 5) is 26.0. The van der Waals surface area contributed by atoms with E-state index >= 15 is 0 Å². The topological polar surface area (TPSA) is 81.9 Å². The number of benzene rings is 1. The van der Waals surface area contributed by atoms with Gasteiger partial charge in [-0.1, -0.05) is 30.3 Å². The number of rotatable bonds is 3. The van der Waals surface area contributed by atoms with Crippen molar-refractivity contribution >= 4 is 12.1 Å². The smallest absolute Gasteiger partial charge is 0.411 e. The maximum absolute atomic E-state index is 12.3. The Hall–Kier alpha value is -2.08. The molecule has 1 fully saturated rings. The summed E-state index contributed by atoms with van der Waals surface area (Å²) in [7, 11) is 0. The van der Waals surface area contributed by atoms with Crippen LogP contribution in [0, 0.1) is 5.92 Å². The molecule has 6 nitrogen and oxygen atoms in total. The second-order valence-corrected chi connectivity index (χ2v) is 7.01. The third kappa shape index (κ3) is 4.96. The van der Waals surface area contributed by atoms with Crippen LogP contribution in [0.4, 0.5) is 4.79 Å². The van der Waals surface area contributed by atoms with Gasteiger partial charge in [-0.05, 0) is 39.2 Å². The minimum absolute atomic E-state index is 0.181. The SMILES string of the molecule is CC(C)(C)OC(=O)[C@@H]1CCCN(C(=O)OCc2ccccc2)[C@@H]1N. The van der Waals surface area contributed by atoms with E-state index in [2.05, 4.69) is 0 Å². The average Bonchev–Trinajstić information content (AvgIpc) is 2.52. The van der Waals surface area contributed by atoms with Crippen molar-refractivity contribution in [2.45, 2.75) is 52.0 Å². The first-order valence-electron chi connectivity index (χ1n) is 8.24. The maximum atomic E-state index is 12.3. The van der Waals surface area contributed by atoms with E-state index in [-0.39, 0.29) is 12.6 Å². The minimum Gasteiger partial charge on any atom is -0.460 e. The molecule has 0 radical (unpaired) electrons. The Kier molecular flexibility index (Phi) is 5.83. The van der Waals surface area contributed by atoms with Crippen molar-refractivity contribution in [1.82, 2.24) is 4.90 Å². The zero-order valence-electron chi connectivity index (χ0n) is 14.5. The van der Waals surface area contributed by atoms with Crippen molar-refractivity contribution in [3.8, 4) is 0 Å². The number of likely N-dealkylation sites (tertiary alicyclic amines) is 1. The van der Waals surface area contributed by atoms with Crippen LogP contribution in [0.5, 0.6) is 0 Å². The van der Waals surface area contributed by atoms with Crippen molar-refractivity contribution in [3.63, 3.8) is 0 Å². The Bertz CT molecular complexity index is 568. The lowest BCUT2D eigenvalue weighted by atomic mass is 9.94. The van der Waals surface area contributed by atoms with Crippen LogP contribution in [-0.4, -0.2) is 35.3 Å². The number of esters is 1. The van der Waals surface area contributed by atoms with Gasteiger partial charge in [0, 0.05) is 6.54 Å². The van der Waals surface area contributed by atoms with Gasteiger partial charge in [-0.2, -0.15) is 0 Å². The van der Waals surface area contributed by atoms with E-state index < -0.39 is 23.8 Å². The first kappa shape index (κ1) is 18.3. The molecule has 2 rings (SSSR count). The predicted molar refractivity (Wildman–Crippen MR) is 89.9 cm³/mol. The van der Waals surface area contributed by atoms with Crippen molar-refractivity contribution < 1.29 is 19.1 Å². The standard InChI is InChI=1S/C18H26N2O4/c1-18(2,3)24-16(21)14-10-7-11-20(15(14)19)17(22)23-12-13-8-5-4-6-9-13/h4-6,8-9,14-15H,7,10-12,19H2,1-3H3/t14-,15+/m1/s1. The predicted octanol–water partition coefficient (Wildman–Crippen LogP) is 2.66. The molecular formula is C18H26N2O4. The van der Waals surface area contributed by atoms with E-state index in [1.165, 1.54) is 4.90 Å². The third-order valence-corrected chi connectivity index (χ3v) is 3.84. The van der Waals surface area contributed by atoms with Crippen LogP contribution in [-0.2, 0) is 20.9 Å². The lowest BCUT2D eigenvalue weighted by Crippen LogP contribution is -2.56. The van der Waals surface area contributed by atoms with Gasteiger partial charge in [0.2, 0.25) is 0 Å². The van der Waals surface area contributed by atoms with Gasteiger partial charge in [0.05, 0.1) is 12.1 Å². The second-order valence-electron chi connectivity index (χ2n) is 7.01. The summed E-state index contributed by atoms with van der Waals surface area (Å²) >= 11 is 0. The van der Waals surface area contributed by atoms with Crippen molar-refractivity contribution in [1.29, 1.82) is 0 Å². The lowest BCUT2D eigenvalue weighted by molar-refractivity contribution is -0.163. The van der Waals surface area contributed by atoms with Crippen molar-refractivity contribution in [2.24, 2.45) is 11.7 Å². The maximum Gasteiger partial charge on any atom is 0.411 e. The van der Waals surface area contributed by atoms with Gasteiger partial charge in [-0.3, -0.25) is 9.69 Å². The molecule has 2 N–H and O–H groups in total. The number of hydrogen-bond donors (Lipinski definition) is 1. The summed E-state index contributed by atoms with van der Waals surface area (Å²) in [5, 5.41) is 0. The van der Waals surface area contributed by atoms with Gasteiger partial charge >= 0.3 is 12.1 Å². The monoisotopic (exact) mass is 334 g/mol. The molecule has 0 spiro atoms. The number of nitrogens with two attached hydrogens (primary N) is 1. The zero-order chi connectivity index (χ0) is 17.7. The first-order valence-corrected chi connectivity index (χ1v) is 8.24. The molecule has 0 aromatic heterocycles. The summed E-state index contributed by atoms with van der Waals surface area (Å²) in [6, 6.07) is 9.43. The molecule has 24 heavy (non-hydrogen) atoms. The van der Waals surface area contributed by atoms with Crippen LogP contribution in [0.3, 0.4) is 0 Å². The highest BCUT2D eigenvalue weighted by Gasteiger charge is 2.38. The van der Waals surface area contributed by atoms with Gasteiger partial charge in [0.15, 0.2) is 0 Å². The molecule has 6 heteroatoms. The number of nitrogens with zero attached hydrogens (tertiary/aromatic N) is 1. The summed E-state index contributed by atoms with van der Waals surface area (Å²) in [6.07, 6.45) is 0.0767. The molecule has 1 aromatic carbocycles. The number of hydrogen-bond acceptors (Lipinski definition) is 5. The normalized spacial score (nSPS) is 21.2. The lowest BCUT2D eigenvalue weighted by Gasteiger charge is -2.37. The number of ether oxygens (including phenoxy) is 2. The molecule has 2 atom stereocenters. The molecule has 1 aromatic rings. The Morgan fingerprint density at radius 3 is 2.54 bits per heavy atom. The molecule has 1 amide bonds. The highest BCUT2D eigenvalue weighted by Crippen LogP contribution is 2.24. The van der Waals surface area contributed by atoms with Crippen LogP contribution in [0.2, 0.25) is 0 Å². The van der Waals surface area contributed by atoms with Crippen LogP contribution < -0.4 is 5.73 Å². The van der Waals surface area contributed by atoms with E-state index in [1.54, 1.807) is 0 Å². The Balaban J connectivity index is 1.94. The van der Waals surface area contributed by atoms with Crippen LogP contribution in [0.15, 0.2) is 30.3 Å². The van der Waals surface area contributed by atoms with E-state index in [4.69, 9.17) is 15.2 Å². The van der Waals surface area contributed by atoms with Gasteiger partial charge in [-0.15, -0.1) is 0 Å². The number of amides is 1. The highest BCUT2D eigenvalue weighted by atomic mass is 16.6. The fourth-order valence-corrected chi connectivity index (χ4v) is 2.67. The van der Waals surface area contributed by atoms with Crippen molar-refractivity contribution in [2.75, 3.05) is 6.54 Å². The molecule has 0 saturated carbocycles. The number of carbonyl (C=O) groups is 2. The molecule has 1 aliphatic heterocycles. The quantitative estimate of drug-likeness (QED) is 0.859. The fourth-order valence-electron chi connectivity index (χ4n) is 2.67. The highest BCUT2D eigenvalue weighted by molar-refractivity contribution is 5.76. The van der Waals surface area contributed by atoms with Gasteiger partial charge in [-0.25, -0.2) is 4.79 Å². The summed E-state index contributed by atoms with van der Waals surface area (Å²) in [5.41, 5.74) is 6.46. The summed E-state index contributed by atoms with van der Waals surface area (Å²) in [6.45, 7) is 6.09. The molecule has 1 heterocycles. The third-order valence-electron chi connectivity index (χ3n) is 3.84. The minimum atomic E-state index is -0.725. The first-order chi connectivity index (χ1) is 11.3. The van der Waals surface area contributed by atoms with E-state index in [1.807, 2.05) is 51.1 Å². The molecule has 0 aliphatic carbocycles. The Labute approximate surface area is 142 Å². The van der Waals surface area contributed by atoms with E-state index in [0.717, 1.165) is 5.56 Å². The van der Waals surface area contributed by atoms with E-state index in [0.29, 0.717) is 19.4 Å². The number of carbonyl (C=O) groups excluding carboxylic acids is 2. The molecule has 0 bridgehead atoms. The average molecular weight is 334 g/mol. The summed E-state index contributed by atoms with van der Waals surface area (Å²) < 4.78 is 10.7. The molecule has 1 saturated heterocycles. The van der Waals surface area contributed by atoms with Gasteiger partial charge in [0.25, 0.3) is 0 Å². The fraction of sp³-hybridized carbons (Fsp3) is 0.556. The number of piperidine rings is 1. The van der Waals surface area contributed by atoms with Gasteiger partial charge in [0.1, 0.15) is 12.2 Å². The van der Waals surface area contributed by atoms with Crippen molar-refractivity contribution in [3.05, 3.63) is 35.9 Å². The molecule has 132 valence electrons. The largest absolute Gasteiger partial charge is 0.460 e. The van der Waals surface area contributed by atoms with E-state index in [9.17, 15) is 9.59 Å². The van der Waals surface area contributed by atoms with Crippen LogP contribution in [0.1, 0.15) is 39.2 Å². The van der Waals surface area contributed by atoms with Crippen LogP contribution in [0.25, 0.3) is 0 Å². The molecular weight excluding hydrogens is 308 g/mol. The molecule has 0 unspecified atom stereocenters. The summed E-state index contributed by atoms with van der Waals surface area (Å²) in [5.74, 6) is -0.891. The second kappa shape index (κ2) is 7.66. The zero-order valence-corrected chi connectivity index (χ0v) is 14.5. The van der Waals surface area contributed by atoms with Gasteiger partial charge < -0.3 is 15.2 Å².